The first kappa shape index (κ1) is 23.5. The third kappa shape index (κ3) is 4.80. The van der Waals surface area contributed by atoms with Crippen LogP contribution in [0.5, 0.6) is 17.2 Å². The summed E-state index contributed by atoms with van der Waals surface area (Å²) >= 11 is 0. The highest BCUT2D eigenvalue weighted by atomic mass is 16.5. The average molecular weight is 479 g/mol. The zero-order valence-corrected chi connectivity index (χ0v) is 20.8. The molecule has 1 N–H and O–H groups in total. The van der Waals surface area contributed by atoms with E-state index in [-0.39, 0.29) is 17.9 Å². The molecule has 8 nitrogen and oxygen atoms in total. The van der Waals surface area contributed by atoms with E-state index in [1.807, 2.05) is 18.2 Å². The highest BCUT2D eigenvalue weighted by Crippen LogP contribution is 2.44. The second-order valence-electron chi connectivity index (χ2n) is 9.38. The number of aryl methyl sites for hydroxylation is 1. The van der Waals surface area contributed by atoms with Crippen LogP contribution in [0.15, 0.2) is 41.4 Å². The molecule has 0 aromatic heterocycles. The first-order valence-corrected chi connectivity index (χ1v) is 12.3. The number of benzene rings is 2. The fourth-order valence-corrected chi connectivity index (χ4v) is 5.60. The van der Waals surface area contributed by atoms with E-state index < -0.39 is 0 Å². The zero-order chi connectivity index (χ0) is 24.4. The molecule has 186 valence electrons. The Balaban J connectivity index is 1.16. The van der Waals surface area contributed by atoms with Crippen molar-refractivity contribution >= 4 is 17.4 Å². The molecule has 1 amide bonds. The Morgan fingerprint density at radius 2 is 1.71 bits per heavy atom. The Hall–Kier alpha value is -3.26. The summed E-state index contributed by atoms with van der Waals surface area (Å²) in [6.45, 7) is 3.77. The van der Waals surface area contributed by atoms with E-state index in [2.05, 4.69) is 33.3 Å². The number of hydrogen-bond donors (Lipinski definition) is 1. The maximum atomic E-state index is 12.9. The van der Waals surface area contributed by atoms with Crippen molar-refractivity contribution in [3.05, 3.63) is 47.5 Å². The molecule has 2 atom stereocenters. The van der Waals surface area contributed by atoms with Crippen LogP contribution in [0, 0.1) is 0 Å². The molecule has 35 heavy (non-hydrogen) atoms. The van der Waals surface area contributed by atoms with Crippen LogP contribution in [0.3, 0.4) is 0 Å². The van der Waals surface area contributed by atoms with Crippen LogP contribution >= 0.6 is 0 Å². The lowest BCUT2D eigenvalue weighted by Gasteiger charge is -2.36. The van der Waals surface area contributed by atoms with Crippen LogP contribution in [0.1, 0.15) is 29.9 Å². The van der Waals surface area contributed by atoms with Crippen molar-refractivity contribution in [1.29, 1.82) is 0 Å². The molecular weight excluding hydrogens is 444 g/mol. The van der Waals surface area contributed by atoms with E-state index in [4.69, 9.17) is 19.2 Å². The van der Waals surface area contributed by atoms with E-state index in [0.717, 1.165) is 74.2 Å². The summed E-state index contributed by atoms with van der Waals surface area (Å²) in [4.78, 5) is 22.3. The number of ether oxygens (including phenoxy) is 3. The molecule has 0 bridgehead atoms. The number of carbonyl (C=O) groups is 1. The van der Waals surface area contributed by atoms with Gasteiger partial charge in [0.25, 0.3) is 0 Å². The smallest absolute Gasteiger partial charge is 0.239 e. The van der Waals surface area contributed by atoms with Gasteiger partial charge in [-0.15, -0.1) is 0 Å². The van der Waals surface area contributed by atoms with Crippen LogP contribution in [-0.2, 0) is 11.2 Å². The number of fused-ring (bicyclic) bond motifs is 3. The van der Waals surface area contributed by atoms with Gasteiger partial charge in [-0.3, -0.25) is 14.7 Å². The lowest BCUT2D eigenvalue weighted by Crippen LogP contribution is -2.50. The third-order valence-electron chi connectivity index (χ3n) is 7.40. The summed E-state index contributed by atoms with van der Waals surface area (Å²) in [5.74, 6) is 3.50. The van der Waals surface area contributed by atoms with Crippen LogP contribution in [0.25, 0.3) is 0 Å². The summed E-state index contributed by atoms with van der Waals surface area (Å²) in [6.07, 6.45) is 2.69. The monoisotopic (exact) mass is 478 g/mol. The first-order valence-electron chi connectivity index (χ1n) is 12.3. The molecule has 5 rings (SSSR count). The van der Waals surface area contributed by atoms with Gasteiger partial charge in [-0.05, 0) is 48.2 Å². The summed E-state index contributed by atoms with van der Waals surface area (Å²) in [5.41, 5.74) is 3.66. The van der Waals surface area contributed by atoms with E-state index >= 15 is 0 Å². The molecule has 3 aliphatic rings. The number of nitrogens with one attached hydrogen (secondary N) is 1. The van der Waals surface area contributed by atoms with Crippen molar-refractivity contribution in [2.75, 3.05) is 59.0 Å². The maximum Gasteiger partial charge on any atom is 0.239 e. The van der Waals surface area contributed by atoms with Gasteiger partial charge in [0.05, 0.1) is 39.6 Å². The second-order valence-corrected chi connectivity index (χ2v) is 9.38. The number of rotatable bonds is 6. The summed E-state index contributed by atoms with van der Waals surface area (Å²) < 4.78 is 16.5. The van der Waals surface area contributed by atoms with Crippen molar-refractivity contribution in [3.63, 3.8) is 0 Å². The van der Waals surface area contributed by atoms with E-state index in [1.165, 1.54) is 11.1 Å². The number of methoxy groups -OCH3 is 3. The van der Waals surface area contributed by atoms with Gasteiger partial charge in [0.2, 0.25) is 5.91 Å². The normalized spacial score (nSPS) is 21.6. The highest BCUT2D eigenvalue weighted by molar-refractivity contribution is 6.00. The molecule has 1 aliphatic carbocycles. The van der Waals surface area contributed by atoms with Gasteiger partial charge >= 0.3 is 0 Å². The Kier molecular flexibility index (Phi) is 6.81. The highest BCUT2D eigenvalue weighted by Gasteiger charge is 2.36. The Bertz CT molecular complexity index is 1110. The van der Waals surface area contributed by atoms with Crippen molar-refractivity contribution in [2.45, 2.75) is 31.2 Å². The molecule has 1 fully saturated rings. The number of carbonyl (C=O) groups excluding carboxylic acids is 1. The predicted octanol–water partition coefficient (Wildman–Crippen LogP) is 2.85. The minimum absolute atomic E-state index is 0.0145. The molecule has 2 unspecified atom stereocenters. The Morgan fingerprint density at radius 3 is 2.46 bits per heavy atom. The van der Waals surface area contributed by atoms with Gasteiger partial charge in [-0.2, -0.15) is 0 Å². The molecular formula is C27H34N4O4. The van der Waals surface area contributed by atoms with Gasteiger partial charge in [0, 0.05) is 38.5 Å². The molecule has 2 aliphatic heterocycles. The molecule has 0 radical (unpaired) electrons. The van der Waals surface area contributed by atoms with Gasteiger partial charge in [0.15, 0.2) is 11.5 Å². The number of anilines is 1. The predicted molar refractivity (Wildman–Crippen MR) is 136 cm³/mol. The lowest BCUT2D eigenvalue weighted by molar-refractivity contribution is -0.120. The fourth-order valence-electron chi connectivity index (χ4n) is 5.60. The number of nitrogens with zero attached hydrogens (tertiary/aromatic N) is 3. The largest absolute Gasteiger partial charge is 0.495 e. The first-order chi connectivity index (χ1) is 17.1. The SMILES string of the molecule is COc1cc2c(cc1OC)C1CC(NC(=O)CN3CCN(c4ccccc4OC)CC3)=NC1CC2. The molecule has 0 spiro atoms. The molecule has 1 saturated heterocycles. The average Bonchev–Trinajstić information content (AvgIpc) is 3.31. The molecule has 2 aromatic carbocycles. The number of piperazine rings is 1. The standard InChI is InChI=1S/C27H34N4O4/c1-33-23-7-5-4-6-22(23)31-12-10-30(11-13-31)17-27(32)29-26-16-20-19-15-25(35-3)24(34-2)14-18(19)8-9-21(20)28-26/h4-7,14-15,20-21H,8-13,16-17H2,1-3H3,(H,28,29,32). The van der Waals surface area contributed by atoms with Crippen LogP contribution in [0.4, 0.5) is 5.69 Å². The number of para-hydroxylation sites is 2. The minimum Gasteiger partial charge on any atom is -0.495 e. The van der Waals surface area contributed by atoms with Crippen molar-refractivity contribution < 1.29 is 19.0 Å². The number of amides is 1. The lowest BCUT2D eigenvalue weighted by atomic mass is 9.79. The second kappa shape index (κ2) is 10.2. The van der Waals surface area contributed by atoms with Gasteiger partial charge in [0.1, 0.15) is 11.6 Å². The van der Waals surface area contributed by atoms with E-state index in [0.29, 0.717) is 6.54 Å². The van der Waals surface area contributed by atoms with Crippen molar-refractivity contribution in [2.24, 2.45) is 4.99 Å². The van der Waals surface area contributed by atoms with Crippen molar-refractivity contribution in [1.82, 2.24) is 10.2 Å². The summed E-state index contributed by atoms with van der Waals surface area (Å²) in [6, 6.07) is 12.5. The molecule has 8 heteroatoms. The zero-order valence-electron chi connectivity index (χ0n) is 20.8. The summed E-state index contributed by atoms with van der Waals surface area (Å²) in [7, 11) is 5.03. The number of hydrogen-bond acceptors (Lipinski definition) is 7. The molecule has 0 saturated carbocycles. The van der Waals surface area contributed by atoms with E-state index in [1.54, 1.807) is 21.3 Å². The maximum absolute atomic E-state index is 12.9. The van der Waals surface area contributed by atoms with Crippen LogP contribution < -0.4 is 24.4 Å². The topological polar surface area (TPSA) is 75.6 Å². The third-order valence-corrected chi connectivity index (χ3v) is 7.40. The van der Waals surface area contributed by atoms with Gasteiger partial charge in [-0.25, -0.2) is 0 Å². The van der Waals surface area contributed by atoms with E-state index in [9.17, 15) is 4.79 Å². The number of aliphatic imine (C=N–C) groups is 1. The van der Waals surface area contributed by atoms with Crippen LogP contribution in [0.2, 0.25) is 0 Å². The fraction of sp³-hybridized carbons (Fsp3) is 0.481. The quantitative estimate of drug-likeness (QED) is 0.688. The summed E-state index contributed by atoms with van der Waals surface area (Å²) in [5, 5.41) is 3.11. The minimum atomic E-state index is 0.0145. The van der Waals surface area contributed by atoms with Gasteiger partial charge < -0.3 is 24.4 Å². The van der Waals surface area contributed by atoms with Crippen LogP contribution in [-0.4, -0.2) is 76.7 Å². The number of amidine groups is 1. The Morgan fingerprint density at radius 1 is 1.00 bits per heavy atom. The Labute approximate surface area is 206 Å². The van der Waals surface area contributed by atoms with Crippen molar-refractivity contribution in [3.8, 4) is 17.2 Å². The molecule has 2 heterocycles. The van der Waals surface area contributed by atoms with Gasteiger partial charge in [-0.1, -0.05) is 12.1 Å². The molecule has 2 aromatic rings.